The molecule has 2 N–H and O–H groups in total. The lowest BCUT2D eigenvalue weighted by Gasteiger charge is -2.32. The summed E-state index contributed by atoms with van der Waals surface area (Å²) in [5.74, 6) is 0.776. The van der Waals surface area contributed by atoms with Gasteiger partial charge in [-0.2, -0.15) is 0 Å². The minimum Gasteiger partial charge on any atom is -0.337 e. The van der Waals surface area contributed by atoms with Gasteiger partial charge in [0, 0.05) is 30.2 Å². The number of benzene rings is 1. The zero-order valence-corrected chi connectivity index (χ0v) is 17.1. The van der Waals surface area contributed by atoms with Gasteiger partial charge in [0.1, 0.15) is 0 Å². The summed E-state index contributed by atoms with van der Waals surface area (Å²) in [6.07, 6.45) is 4.51. The second-order valence-electron chi connectivity index (χ2n) is 7.70. The summed E-state index contributed by atoms with van der Waals surface area (Å²) >= 11 is 0. The predicted octanol–water partition coefficient (Wildman–Crippen LogP) is 4.03. The Balaban J connectivity index is 1.34. The lowest BCUT2D eigenvalue weighted by Crippen LogP contribution is -2.40. The number of nitrogens with one attached hydrogen (secondary N) is 2. The van der Waals surface area contributed by atoms with E-state index in [9.17, 15) is 4.79 Å². The highest BCUT2D eigenvalue weighted by atomic mass is 16.2. The summed E-state index contributed by atoms with van der Waals surface area (Å²) in [5.41, 5.74) is 4.17. The second kappa shape index (κ2) is 10.2. The standard InChI is InChI=1S/C23H32N4O/c1-3-21-17-22(15-18(2)25-21)26-23(28)24-11-14-27-12-9-20(10-13-27)16-19-7-5-4-6-8-19/h4-8,15,17,20H,3,9-14,16H2,1-2H3,(H2,24,25,26,28). The van der Waals surface area contributed by atoms with Crippen LogP contribution in [0.4, 0.5) is 10.5 Å². The van der Waals surface area contributed by atoms with Crippen molar-refractivity contribution >= 4 is 11.7 Å². The highest BCUT2D eigenvalue weighted by Crippen LogP contribution is 2.21. The van der Waals surface area contributed by atoms with Gasteiger partial charge in [0.2, 0.25) is 0 Å². The largest absolute Gasteiger partial charge is 0.337 e. The van der Waals surface area contributed by atoms with Gasteiger partial charge in [0.05, 0.1) is 0 Å². The Morgan fingerprint density at radius 3 is 2.64 bits per heavy atom. The van der Waals surface area contributed by atoms with Crippen molar-refractivity contribution in [1.82, 2.24) is 15.2 Å². The number of hydrogen-bond donors (Lipinski definition) is 2. The summed E-state index contributed by atoms with van der Waals surface area (Å²) in [4.78, 5) is 19.0. The number of carbonyl (C=O) groups excluding carboxylic acids is 1. The van der Waals surface area contributed by atoms with Gasteiger partial charge in [-0.1, -0.05) is 37.3 Å². The molecule has 1 aliphatic rings. The van der Waals surface area contributed by atoms with E-state index in [0.29, 0.717) is 6.54 Å². The van der Waals surface area contributed by atoms with Gasteiger partial charge in [-0.3, -0.25) is 4.98 Å². The Labute approximate surface area is 168 Å². The molecule has 1 aliphatic heterocycles. The van der Waals surface area contributed by atoms with E-state index in [1.165, 1.54) is 24.8 Å². The molecule has 1 aromatic heterocycles. The molecule has 0 radical (unpaired) electrons. The van der Waals surface area contributed by atoms with Gasteiger partial charge in [0.25, 0.3) is 0 Å². The first-order valence-electron chi connectivity index (χ1n) is 10.4. The van der Waals surface area contributed by atoms with Crippen molar-refractivity contribution < 1.29 is 4.79 Å². The maximum absolute atomic E-state index is 12.2. The normalized spacial score (nSPS) is 15.4. The summed E-state index contributed by atoms with van der Waals surface area (Å²) in [6.45, 7) is 7.81. The van der Waals surface area contributed by atoms with Crippen LogP contribution in [0.2, 0.25) is 0 Å². The van der Waals surface area contributed by atoms with Crippen LogP contribution < -0.4 is 10.6 Å². The predicted molar refractivity (Wildman–Crippen MR) is 115 cm³/mol. The van der Waals surface area contributed by atoms with Crippen LogP contribution in [0, 0.1) is 12.8 Å². The smallest absolute Gasteiger partial charge is 0.319 e. The number of anilines is 1. The lowest BCUT2D eigenvalue weighted by atomic mass is 9.90. The average molecular weight is 381 g/mol. The number of aryl methyl sites for hydroxylation is 2. The highest BCUT2D eigenvalue weighted by molar-refractivity contribution is 5.89. The first-order chi connectivity index (χ1) is 13.6. The Kier molecular flexibility index (Phi) is 7.43. The number of nitrogens with zero attached hydrogens (tertiary/aromatic N) is 2. The zero-order chi connectivity index (χ0) is 19.8. The van der Waals surface area contributed by atoms with Gasteiger partial charge >= 0.3 is 6.03 Å². The molecule has 5 heteroatoms. The van der Waals surface area contributed by atoms with Crippen molar-refractivity contribution in [2.45, 2.75) is 39.5 Å². The Hall–Kier alpha value is -2.40. The monoisotopic (exact) mass is 380 g/mol. The zero-order valence-electron chi connectivity index (χ0n) is 17.1. The molecular weight excluding hydrogens is 348 g/mol. The van der Waals surface area contributed by atoms with E-state index in [2.05, 4.69) is 57.8 Å². The maximum atomic E-state index is 12.2. The summed E-state index contributed by atoms with van der Waals surface area (Å²) in [5, 5.41) is 5.90. The van der Waals surface area contributed by atoms with Crippen LogP contribution in [0.1, 0.15) is 36.7 Å². The van der Waals surface area contributed by atoms with Crippen molar-refractivity contribution in [2.24, 2.45) is 5.92 Å². The van der Waals surface area contributed by atoms with Crippen LogP contribution in [0.25, 0.3) is 0 Å². The minimum absolute atomic E-state index is 0.147. The van der Waals surface area contributed by atoms with Crippen LogP contribution in [0.5, 0.6) is 0 Å². The molecule has 1 fully saturated rings. The van der Waals surface area contributed by atoms with Crippen molar-refractivity contribution in [1.29, 1.82) is 0 Å². The quantitative estimate of drug-likeness (QED) is 0.762. The number of carbonyl (C=O) groups is 1. The number of likely N-dealkylation sites (tertiary alicyclic amines) is 1. The van der Waals surface area contributed by atoms with Crippen molar-refractivity contribution in [3.05, 3.63) is 59.4 Å². The summed E-state index contributed by atoms with van der Waals surface area (Å²) in [6, 6.07) is 14.5. The number of hydrogen-bond acceptors (Lipinski definition) is 3. The molecule has 0 saturated carbocycles. The first kappa shape index (κ1) is 20.3. The van der Waals surface area contributed by atoms with E-state index < -0.39 is 0 Å². The SMILES string of the molecule is CCc1cc(NC(=O)NCCN2CCC(Cc3ccccc3)CC2)cc(C)n1. The molecule has 2 amide bonds. The number of aromatic nitrogens is 1. The van der Waals surface area contributed by atoms with E-state index >= 15 is 0 Å². The van der Waals surface area contributed by atoms with Crippen molar-refractivity contribution in [2.75, 3.05) is 31.5 Å². The Bertz CT molecular complexity index is 754. The molecule has 1 aromatic carbocycles. The molecule has 5 nitrogen and oxygen atoms in total. The third kappa shape index (κ3) is 6.34. The van der Waals surface area contributed by atoms with Crippen molar-refractivity contribution in [3.8, 4) is 0 Å². The van der Waals surface area contributed by atoms with Crippen molar-refractivity contribution in [3.63, 3.8) is 0 Å². The molecule has 0 bridgehead atoms. The van der Waals surface area contributed by atoms with Gasteiger partial charge in [-0.15, -0.1) is 0 Å². The molecule has 0 aliphatic carbocycles. The Morgan fingerprint density at radius 1 is 1.18 bits per heavy atom. The molecule has 1 saturated heterocycles. The van der Waals surface area contributed by atoms with Gasteiger partial charge in [-0.05, 0) is 69.3 Å². The van der Waals surface area contributed by atoms with Gasteiger partial charge in [0.15, 0.2) is 0 Å². The average Bonchev–Trinajstić information content (AvgIpc) is 2.69. The van der Waals surface area contributed by atoms with E-state index in [-0.39, 0.29) is 6.03 Å². The van der Waals surface area contributed by atoms with Crippen LogP contribution >= 0.6 is 0 Å². The number of amides is 2. The number of rotatable bonds is 7. The maximum Gasteiger partial charge on any atom is 0.319 e. The molecule has 2 aromatic rings. The van der Waals surface area contributed by atoms with Crippen LogP contribution in [0.3, 0.4) is 0 Å². The topological polar surface area (TPSA) is 57.3 Å². The van der Waals surface area contributed by atoms with Crippen LogP contribution in [-0.2, 0) is 12.8 Å². The number of pyridine rings is 1. The number of urea groups is 1. The molecule has 3 rings (SSSR count). The molecular formula is C23H32N4O. The fourth-order valence-electron chi connectivity index (χ4n) is 3.85. The fraction of sp³-hybridized carbons (Fsp3) is 0.478. The third-order valence-corrected chi connectivity index (χ3v) is 5.41. The minimum atomic E-state index is -0.147. The van der Waals surface area contributed by atoms with E-state index in [1.807, 2.05) is 19.1 Å². The molecule has 0 atom stereocenters. The summed E-state index contributed by atoms with van der Waals surface area (Å²) in [7, 11) is 0. The fourth-order valence-corrected chi connectivity index (χ4v) is 3.85. The lowest BCUT2D eigenvalue weighted by molar-refractivity contribution is 0.184. The van der Waals surface area contributed by atoms with Gasteiger partial charge in [-0.25, -0.2) is 4.79 Å². The first-order valence-corrected chi connectivity index (χ1v) is 10.4. The van der Waals surface area contributed by atoms with Gasteiger partial charge < -0.3 is 15.5 Å². The summed E-state index contributed by atoms with van der Waals surface area (Å²) < 4.78 is 0. The van der Waals surface area contributed by atoms with Crippen LogP contribution in [-0.4, -0.2) is 42.1 Å². The third-order valence-electron chi connectivity index (χ3n) is 5.41. The Morgan fingerprint density at radius 2 is 1.93 bits per heavy atom. The van der Waals surface area contributed by atoms with E-state index in [0.717, 1.165) is 49.0 Å². The highest BCUT2D eigenvalue weighted by Gasteiger charge is 2.19. The molecule has 2 heterocycles. The second-order valence-corrected chi connectivity index (χ2v) is 7.70. The van der Waals surface area contributed by atoms with E-state index in [4.69, 9.17) is 0 Å². The molecule has 150 valence electrons. The van der Waals surface area contributed by atoms with E-state index in [1.54, 1.807) is 0 Å². The number of piperidine rings is 1. The molecule has 0 spiro atoms. The molecule has 28 heavy (non-hydrogen) atoms. The molecule has 0 unspecified atom stereocenters. The van der Waals surface area contributed by atoms with Crippen LogP contribution in [0.15, 0.2) is 42.5 Å².